The number of aryl methyl sites for hydroxylation is 1. The standard InChI is InChI=1S/C23H25N3O4S/c1-4-21(30-22-9-5-7-16(2)17(22)3)23(27)25-18-10-12-20(13-11-18)31(28,29)26-19-8-6-14-24-15-19/h5-15,21,26H,4H2,1-3H3,(H,25,27). The van der Waals surface area contributed by atoms with Gasteiger partial charge >= 0.3 is 0 Å². The van der Waals surface area contributed by atoms with Gasteiger partial charge < -0.3 is 10.1 Å². The molecule has 1 aromatic heterocycles. The molecule has 0 bridgehead atoms. The predicted octanol–water partition coefficient (Wildman–Crippen LogP) is 4.30. The highest BCUT2D eigenvalue weighted by Crippen LogP contribution is 2.23. The molecule has 2 N–H and O–H groups in total. The lowest BCUT2D eigenvalue weighted by atomic mass is 10.1. The Bertz CT molecular complexity index is 1150. The zero-order valence-corrected chi connectivity index (χ0v) is 18.4. The van der Waals surface area contributed by atoms with Crippen molar-refractivity contribution in [3.8, 4) is 5.75 Å². The van der Waals surface area contributed by atoms with Crippen molar-refractivity contribution in [2.24, 2.45) is 0 Å². The van der Waals surface area contributed by atoms with Gasteiger partial charge in [0.05, 0.1) is 16.8 Å². The molecular weight excluding hydrogens is 414 g/mol. The number of amides is 1. The molecule has 0 saturated carbocycles. The summed E-state index contributed by atoms with van der Waals surface area (Å²) in [4.78, 5) is 16.7. The van der Waals surface area contributed by atoms with E-state index >= 15 is 0 Å². The number of rotatable bonds is 8. The Kier molecular flexibility index (Phi) is 6.91. The van der Waals surface area contributed by atoms with Crippen molar-refractivity contribution in [3.63, 3.8) is 0 Å². The topological polar surface area (TPSA) is 97.4 Å². The molecule has 0 aliphatic rings. The SMILES string of the molecule is CCC(Oc1cccc(C)c1C)C(=O)Nc1ccc(S(=O)(=O)Nc2cccnc2)cc1. The summed E-state index contributed by atoms with van der Waals surface area (Å²) >= 11 is 0. The Morgan fingerprint density at radius 2 is 1.77 bits per heavy atom. The van der Waals surface area contributed by atoms with Crippen LogP contribution in [0.15, 0.2) is 71.9 Å². The number of ether oxygens (including phenoxy) is 1. The minimum Gasteiger partial charge on any atom is -0.480 e. The van der Waals surface area contributed by atoms with Crippen molar-refractivity contribution in [2.45, 2.75) is 38.2 Å². The van der Waals surface area contributed by atoms with E-state index in [1.165, 1.54) is 18.3 Å². The summed E-state index contributed by atoms with van der Waals surface area (Å²) in [5, 5.41) is 2.79. The van der Waals surface area contributed by atoms with E-state index in [9.17, 15) is 13.2 Å². The molecule has 0 spiro atoms. The third-order valence-corrected chi connectivity index (χ3v) is 6.23. The van der Waals surface area contributed by atoms with Gasteiger partial charge in [-0.25, -0.2) is 8.42 Å². The molecule has 0 aliphatic heterocycles. The Balaban J connectivity index is 1.68. The van der Waals surface area contributed by atoms with E-state index < -0.39 is 16.1 Å². The average Bonchev–Trinajstić information content (AvgIpc) is 2.75. The summed E-state index contributed by atoms with van der Waals surface area (Å²) in [5.41, 5.74) is 2.93. The maximum Gasteiger partial charge on any atom is 0.265 e. The number of sulfonamides is 1. The van der Waals surface area contributed by atoms with E-state index in [1.54, 1.807) is 30.5 Å². The molecule has 1 heterocycles. The van der Waals surface area contributed by atoms with Gasteiger partial charge in [0, 0.05) is 11.9 Å². The van der Waals surface area contributed by atoms with Crippen LogP contribution in [-0.4, -0.2) is 25.4 Å². The number of aromatic nitrogens is 1. The van der Waals surface area contributed by atoms with Gasteiger partial charge in [-0.05, 0) is 73.9 Å². The van der Waals surface area contributed by atoms with Crippen LogP contribution in [0.2, 0.25) is 0 Å². The zero-order chi connectivity index (χ0) is 22.4. The number of hydrogen-bond donors (Lipinski definition) is 2. The van der Waals surface area contributed by atoms with Crippen LogP contribution >= 0.6 is 0 Å². The second kappa shape index (κ2) is 9.61. The molecule has 7 nitrogen and oxygen atoms in total. The van der Waals surface area contributed by atoms with Crippen LogP contribution in [0, 0.1) is 13.8 Å². The first-order valence-corrected chi connectivity index (χ1v) is 11.3. The van der Waals surface area contributed by atoms with Gasteiger partial charge in [0.25, 0.3) is 15.9 Å². The number of anilines is 2. The Labute approximate surface area is 182 Å². The van der Waals surface area contributed by atoms with Crippen molar-refractivity contribution in [2.75, 3.05) is 10.0 Å². The molecule has 1 atom stereocenters. The molecule has 162 valence electrons. The first kappa shape index (κ1) is 22.3. The predicted molar refractivity (Wildman–Crippen MR) is 121 cm³/mol. The van der Waals surface area contributed by atoms with Gasteiger partial charge in [-0.3, -0.25) is 14.5 Å². The van der Waals surface area contributed by atoms with Gasteiger partial charge in [-0.15, -0.1) is 0 Å². The Morgan fingerprint density at radius 1 is 1.03 bits per heavy atom. The van der Waals surface area contributed by atoms with Crippen LogP contribution in [0.1, 0.15) is 24.5 Å². The number of benzene rings is 2. The Hall–Kier alpha value is -3.39. The van der Waals surface area contributed by atoms with Crippen molar-refractivity contribution in [3.05, 3.63) is 78.1 Å². The lowest BCUT2D eigenvalue weighted by molar-refractivity contribution is -0.122. The van der Waals surface area contributed by atoms with Gasteiger partial charge in [0.15, 0.2) is 6.10 Å². The van der Waals surface area contributed by atoms with Crippen LogP contribution in [0.25, 0.3) is 0 Å². The van der Waals surface area contributed by atoms with Gasteiger partial charge in [0.2, 0.25) is 0 Å². The number of carbonyl (C=O) groups is 1. The number of pyridine rings is 1. The van der Waals surface area contributed by atoms with Crippen LogP contribution in [0.4, 0.5) is 11.4 Å². The molecule has 1 unspecified atom stereocenters. The summed E-state index contributed by atoms with van der Waals surface area (Å²) < 4.78 is 33.4. The summed E-state index contributed by atoms with van der Waals surface area (Å²) in [6.07, 6.45) is 2.80. The molecule has 2 aromatic carbocycles. The van der Waals surface area contributed by atoms with E-state index in [1.807, 2.05) is 39.0 Å². The molecule has 1 amide bonds. The lowest BCUT2D eigenvalue weighted by Crippen LogP contribution is -2.32. The first-order valence-electron chi connectivity index (χ1n) is 9.87. The van der Waals surface area contributed by atoms with E-state index in [4.69, 9.17) is 4.74 Å². The van der Waals surface area contributed by atoms with Crippen LogP contribution in [0.3, 0.4) is 0 Å². The number of nitrogens with zero attached hydrogens (tertiary/aromatic N) is 1. The fourth-order valence-electron chi connectivity index (χ4n) is 2.90. The molecule has 0 saturated heterocycles. The third-order valence-electron chi connectivity index (χ3n) is 4.83. The largest absolute Gasteiger partial charge is 0.480 e. The van der Waals surface area contributed by atoms with E-state index in [-0.39, 0.29) is 10.8 Å². The van der Waals surface area contributed by atoms with Crippen molar-refractivity contribution in [1.29, 1.82) is 0 Å². The summed E-state index contributed by atoms with van der Waals surface area (Å²) in [6, 6.07) is 14.9. The molecule has 3 rings (SSSR count). The fraction of sp³-hybridized carbons (Fsp3) is 0.217. The fourth-order valence-corrected chi connectivity index (χ4v) is 3.95. The van der Waals surface area contributed by atoms with E-state index in [2.05, 4.69) is 15.0 Å². The van der Waals surface area contributed by atoms with Crippen LogP contribution < -0.4 is 14.8 Å². The maximum absolute atomic E-state index is 12.7. The smallest absolute Gasteiger partial charge is 0.265 e. The van der Waals surface area contributed by atoms with Gasteiger partial charge in [-0.2, -0.15) is 0 Å². The summed E-state index contributed by atoms with van der Waals surface area (Å²) in [5.74, 6) is 0.373. The highest BCUT2D eigenvalue weighted by atomic mass is 32.2. The molecule has 0 aliphatic carbocycles. The highest BCUT2D eigenvalue weighted by molar-refractivity contribution is 7.92. The van der Waals surface area contributed by atoms with Crippen molar-refractivity contribution < 1.29 is 17.9 Å². The summed E-state index contributed by atoms with van der Waals surface area (Å²) in [7, 11) is -3.76. The molecule has 0 fully saturated rings. The molecule has 31 heavy (non-hydrogen) atoms. The molecule has 0 radical (unpaired) electrons. The van der Waals surface area contributed by atoms with Crippen LogP contribution in [-0.2, 0) is 14.8 Å². The third kappa shape index (κ3) is 5.61. The van der Waals surface area contributed by atoms with Crippen LogP contribution in [0.5, 0.6) is 5.75 Å². The number of carbonyl (C=O) groups excluding carboxylic acids is 1. The Morgan fingerprint density at radius 3 is 2.42 bits per heavy atom. The minimum absolute atomic E-state index is 0.0769. The number of hydrogen-bond acceptors (Lipinski definition) is 5. The van der Waals surface area contributed by atoms with Gasteiger partial charge in [-0.1, -0.05) is 19.1 Å². The maximum atomic E-state index is 12.7. The molecule has 3 aromatic rings. The van der Waals surface area contributed by atoms with E-state index in [0.29, 0.717) is 23.5 Å². The van der Waals surface area contributed by atoms with Gasteiger partial charge in [0.1, 0.15) is 5.75 Å². The first-order chi connectivity index (χ1) is 14.8. The van der Waals surface area contributed by atoms with Crippen molar-refractivity contribution in [1.82, 2.24) is 4.98 Å². The second-order valence-electron chi connectivity index (χ2n) is 7.07. The molecular formula is C23H25N3O4S. The van der Waals surface area contributed by atoms with Crippen molar-refractivity contribution >= 4 is 27.3 Å². The lowest BCUT2D eigenvalue weighted by Gasteiger charge is -2.19. The molecule has 8 heteroatoms. The highest BCUT2D eigenvalue weighted by Gasteiger charge is 2.20. The zero-order valence-electron chi connectivity index (χ0n) is 17.6. The quantitative estimate of drug-likeness (QED) is 0.546. The normalized spacial score (nSPS) is 12.1. The second-order valence-corrected chi connectivity index (χ2v) is 8.76. The number of nitrogens with one attached hydrogen (secondary N) is 2. The van der Waals surface area contributed by atoms with E-state index in [0.717, 1.165) is 11.1 Å². The monoisotopic (exact) mass is 439 g/mol. The average molecular weight is 440 g/mol. The minimum atomic E-state index is -3.76. The summed E-state index contributed by atoms with van der Waals surface area (Å²) in [6.45, 7) is 5.81.